The van der Waals surface area contributed by atoms with Gasteiger partial charge in [-0.25, -0.2) is 0 Å². The monoisotopic (exact) mass is 352 g/mol. The van der Waals surface area contributed by atoms with Gasteiger partial charge in [0.25, 0.3) is 0 Å². The van der Waals surface area contributed by atoms with E-state index in [1.807, 2.05) is 48.5 Å². The Morgan fingerprint density at radius 3 is 2.08 bits per heavy atom. The highest BCUT2D eigenvalue weighted by molar-refractivity contribution is 5.41. The Kier molecular flexibility index (Phi) is 4.51. The fraction of sp³-hybridized carbons (Fsp3) is 0.429. The third-order valence-corrected chi connectivity index (χ3v) is 6.19. The molecule has 1 aliphatic carbocycles. The number of nitrogens with zero attached hydrogens (tertiary/aromatic N) is 2. The molecule has 2 unspecified atom stereocenters. The maximum atomic E-state index is 12.1. The number of hydrogen-bond donors (Lipinski definition) is 0. The van der Waals surface area contributed by atoms with Gasteiger partial charge in [0.15, 0.2) is 0 Å². The molecule has 26 heavy (non-hydrogen) atoms. The van der Waals surface area contributed by atoms with Crippen molar-refractivity contribution in [1.29, 1.82) is 0 Å². The molecular formula is C21H24N2O3. The fourth-order valence-corrected chi connectivity index (χ4v) is 5.00. The smallest absolute Gasteiger partial charge is 0.238 e. The van der Waals surface area contributed by atoms with Gasteiger partial charge in [-0.3, -0.25) is 15.0 Å². The van der Waals surface area contributed by atoms with Gasteiger partial charge in [0.05, 0.1) is 24.7 Å². The van der Waals surface area contributed by atoms with Crippen molar-refractivity contribution in [1.82, 2.24) is 4.90 Å². The summed E-state index contributed by atoms with van der Waals surface area (Å²) in [5.74, 6) is -0.0407. The maximum absolute atomic E-state index is 12.1. The van der Waals surface area contributed by atoms with Crippen LogP contribution in [0.3, 0.4) is 0 Å². The van der Waals surface area contributed by atoms with Gasteiger partial charge in [-0.2, -0.15) is 0 Å². The van der Waals surface area contributed by atoms with Crippen LogP contribution in [-0.4, -0.2) is 47.7 Å². The van der Waals surface area contributed by atoms with Crippen LogP contribution in [0.4, 0.5) is 0 Å². The molecule has 0 aromatic heterocycles. The normalized spacial score (nSPS) is 32.0. The molecule has 4 rings (SSSR count). The van der Waals surface area contributed by atoms with Crippen molar-refractivity contribution in [3.8, 4) is 0 Å². The van der Waals surface area contributed by atoms with E-state index in [1.54, 1.807) is 0 Å². The average molecular weight is 352 g/mol. The first-order valence-corrected chi connectivity index (χ1v) is 9.20. The first kappa shape index (κ1) is 17.2. The molecular weight excluding hydrogens is 328 g/mol. The Hall–Kier alpha value is -2.24. The second kappa shape index (κ2) is 6.82. The lowest BCUT2D eigenvalue weighted by Gasteiger charge is -2.60. The Morgan fingerprint density at radius 2 is 1.54 bits per heavy atom. The molecule has 1 saturated heterocycles. The van der Waals surface area contributed by atoms with E-state index in [4.69, 9.17) is 4.74 Å². The zero-order valence-corrected chi connectivity index (χ0v) is 15.0. The summed E-state index contributed by atoms with van der Waals surface area (Å²) in [6, 6.07) is 19.6. The van der Waals surface area contributed by atoms with E-state index in [0.29, 0.717) is 13.2 Å². The van der Waals surface area contributed by atoms with Gasteiger partial charge in [0, 0.05) is 23.9 Å². The van der Waals surface area contributed by atoms with Crippen LogP contribution in [0, 0.1) is 10.1 Å². The summed E-state index contributed by atoms with van der Waals surface area (Å²) in [7, 11) is 0. The quantitative estimate of drug-likeness (QED) is 0.626. The molecule has 1 heterocycles. The summed E-state index contributed by atoms with van der Waals surface area (Å²) in [6.45, 7) is 4.83. The van der Waals surface area contributed by atoms with Crippen LogP contribution in [0.5, 0.6) is 0 Å². The summed E-state index contributed by atoms with van der Waals surface area (Å²) < 4.78 is 5.50. The lowest BCUT2D eigenvalue weighted by Crippen LogP contribution is -2.73. The highest BCUT2D eigenvalue weighted by atomic mass is 16.6. The van der Waals surface area contributed by atoms with Crippen LogP contribution in [-0.2, 0) is 4.74 Å². The van der Waals surface area contributed by atoms with Crippen LogP contribution in [0.1, 0.15) is 29.9 Å². The molecule has 5 heteroatoms. The zero-order chi connectivity index (χ0) is 18.1. The van der Waals surface area contributed by atoms with Gasteiger partial charge in [-0.05, 0) is 18.1 Å². The second-order valence-electron chi connectivity index (χ2n) is 7.38. The van der Waals surface area contributed by atoms with E-state index in [9.17, 15) is 10.1 Å². The Labute approximate surface area is 153 Å². The molecule has 1 saturated carbocycles. The SMILES string of the molecule is CC1(N2CCOCC2)C([N+](=O)[O-])[C@@H](c2ccccc2)[C@@H]1c1ccccc1. The first-order valence-electron chi connectivity index (χ1n) is 9.20. The second-order valence-corrected chi connectivity index (χ2v) is 7.38. The van der Waals surface area contributed by atoms with E-state index < -0.39 is 11.6 Å². The van der Waals surface area contributed by atoms with Crippen LogP contribution in [0.15, 0.2) is 60.7 Å². The fourth-order valence-electron chi connectivity index (χ4n) is 5.00. The average Bonchev–Trinajstić information content (AvgIpc) is 2.67. The molecule has 2 aliphatic rings. The Balaban J connectivity index is 1.81. The standard InChI is InChI=1S/C21H24N2O3/c1-21(22-12-14-26-15-13-22)19(17-10-6-3-7-11-17)18(20(21)23(24)25)16-8-4-2-5-9-16/h2-11,18-20H,12-15H2,1H3/t18-,19-,20?,21?/m0/s1. The molecule has 2 aromatic rings. The van der Waals surface area contributed by atoms with Crippen molar-refractivity contribution in [3.63, 3.8) is 0 Å². The molecule has 0 radical (unpaired) electrons. The minimum Gasteiger partial charge on any atom is -0.379 e. The van der Waals surface area contributed by atoms with Crippen LogP contribution in [0.2, 0.25) is 0 Å². The topological polar surface area (TPSA) is 55.6 Å². The van der Waals surface area contributed by atoms with Gasteiger partial charge in [0.2, 0.25) is 6.04 Å². The third-order valence-electron chi connectivity index (χ3n) is 6.19. The van der Waals surface area contributed by atoms with Gasteiger partial charge >= 0.3 is 0 Å². The summed E-state index contributed by atoms with van der Waals surface area (Å²) in [5, 5.41) is 12.1. The molecule has 0 spiro atoms. The van der Waals surface area contributed by atoms with E-state index in [2.05, 4.69) is 24.0 Å². The molecule has 2 aromatic carbocycles. The lowest BCUT2D eigenvalue weighted by molar-refractivity contribution is -0.565. The number of ether oxygens (including phenoxy) is 1. The molecule has 0 amide bonds. The summed E-state index contributed by atoms with van der Waals surface area (Å²) in [4.78, 5) is 14.4. The number of hydrogen-bond acceptors (Lipinski definition) is 4. The van der Waals surface area contributed by atoms with Crippen molar-refractivity contribution < 1.29 is 9.66 Å². The van der Waals surface area contributed by atoms with Gasteiger partial charge < -0.3 is 4.74 Å². The van der Waals surface area contributed by atoms with Gasteiger partial charge in [-0.1, -0.05) is 60.7 Å². The Morgan fingerprint density at radius 1 is 1.00 bits per heavy atom. The predicted octanol–water partition coefficient (Wildman–Crippen LogP) is 3.30. The first-order chi connectivity index (χ1) is 12.6. The highest BCUT2D eigenvalue weighted by Gasteiger charge is 2.69. The Bertz CT molecular complexity index is 761. The molecule has 0 N–H and O–H groups in total. The van der Waals surface area contributed by atoms with Crippen LogP contribution in [0.25, 0.3) is 0 Å². The number of benzene rings is 2. The van der Waals surface area contributed by atoms with Crippen LogP contribution < -0.4 is 0 Å². The van der Waals surface area contributed by atoms with Crippen LogP contribution >= 0.6 is 0 Å². The summed E-state index contributed by atoms with van der Waals surface area (Å²) in [5.41, 5.74) is 1.71. The molecule has 1 aliphatic heterocycles. The van der Waals surface area contributed by atoms with Crippen molar-refractivity contribution in [2.45, 2.75) is 30.3 Å². The number of morpholine rings is 1. The number of rotatable bonds is 4. The zero-order valence-electron chi connectivity index (χ0n) is 15.0. The van der Waals surface area contributed by atoms with E-state index in [0.717, 1.165) is 18.7 Å². The van der Waals surface area contributed by atoms with E-state index >= 15 is 0 Å². The maximum Gasteiger partial charge on any atom is 0.238 e. The molecule has 4 atom stereocenters. The van der Waals surface area contributed by atoms with Gasteiger partial charge in [-0.15, -0.1) is 0 Å². The molecule has 2 fully saturated rings. The minimum atomic E-state index is -0.631. The third kappa shape index (κ3) is 2.63. The lowest BCUT2D eigenvalue weighted by atomic mass is 9.51. The van der Waals surface area contributed by atoms with E-state index in [1.165, 1.54) is 5.56 Å². The number of nitro groups is 1. The van der Waals surface area contributed by atoms with Crippen molar-refractivity contribution in [3.05, 3.63) is 81.9 Å². The minimum absolute atomic E-state index is 0.0629. The summed E-state index contributed by atoms with van der Waals surface area (Å²) >= 11 is 0. The summed E-state index contributed by atoms with van der Waals surface area (Å²) in [6.07, 6.45) is 0. The highest BCUT2D eigenvalue weighted by Crippen LogP contribution is 2.59. The largest absolute Gasteiger partial charge is 0.379 e. The van der Waals surface area contributed by atoms with Crippen molar-refractivity contribution >= 4 is 0 Å². The molecule has 5 nitrogen and oxygen atoms in total. The van der Waals surface area contributed by atoms with Gasteiger partial charge in [0.1, 0.15) is 0 Å². The van der Waals surface area contributed by atoms with E-state index in [-0.39, 0.29) is 16.8 Å². The molecule has 136 valence electrons. The van der Waals surface area contributed by atoms with Crippen molar-refractivity contribution in [2.75, 3.05) is 26.3 Å². The van der Waals surface area contributed by atoms with Crippen molar-refractivity contribution in [2.24, 2.45) is 0 Å². The predicted molar refractivity (Wildman–Crippen MR) is 99.9 cm³/mol. The molecule has 0 bridgehead atoms.